The molecule has 0 aliphatic carbocycles. The Balaban J connectivity index is 2.20. The Kier molecular flexibility index (Phi) is 3.98. The summed E-state index contributed by atoms with van der Waals surface area (Å²) < 4.78 is 7.09. The van der Waals surface area contributed by atoms with Crippen LogP contribution < -0.4 is 0 Å². The highest BCUT2D eigenvalue weighted by atomic mass is 79.9. The largest absolute Gasteiger partial charge is 0.460 e. The summed E-state index contributed by atoms with van der Waals surface area (Å²) in [4.78, 5) is 15.6. The molecule has 0 unspecified atom stereocenters. The summed E-state index contributed by atoms with van der Waals surface area (Å²) in [7, 11) is 0. The maximum Gasteiger partial charge on any atom is 0.378 e. The Hall–Kier alpha value is -1.83. The fourth-order valence-corrected chi connectivity index (χ4v) is 1.78. The Morgan fingerprint density at radius 1 is 1.50 bits per heavy atom. The van der Waals surface area contributed by atoms with Gasteiger partial charge in [0.15, 0.2) is 0 Å². The highest BCUT2D eigenvalue weighted by Crippen LogP contribution is 2.11. The molecule has 0 saturated carbocycles. The minimum absolute atomic E-state index is 0.0804. The molecule has 0 fully saturated rings. The second-order valence-corrected chi connectivity index (χ2v) is 4.31. The van der Waals surface area contributed by atoms with Crippen LogP contribution >= 0.6 is 15.9 Å². The molecule has 2 rings (SSSR count). The minimum atomic E-state index is -0.537. The first-order valence-corrected chi connectivity index (χ1v) is 6.02. The number of hydrogen-bond acceptors (Lipinski definition) is 6. The van der Waals surface area contributed by atoms with Crippen LogP contribution in [0.4, 0.5) is 0 Å². The molecule has 2 aromatic rings. The van der Waals surface area contributed by atoms with Crippen molar-refractivity contribution in [2.45, 2.75) is 13.5 Å². The van der Waals surface area contributed by atoms with Gasteiger partial charge in [0, 0.05) is 16.9 Å². The standard InChI is InChI=1S/C10H10BrN5O2/c1-2-18-10(17)9-13-14-15-16(9)6-7-3-8(11)5-12-4-7/h3-5H,2,6H2,1H3. The van der Waals surface area contributed by atoms with E-state index in [-0.39, 0.29) is 12.4 Å². The van der Waals surface area contributed by atoms with Gasteiger partial charge in [-0.15, -0.1) is 5.10 Å². The second-order valence-electron chi connectivity index (χ2n) is 3.39. The van der Waals surface area contributed by atoms with E-state index in [0.717, 1.165) is 10.0 Å². The van der Waals surface area contributed by atoms with Gasteiger partial charge in [-0.2, -0.15) is 0 Å². The summed E-state index contributed by atoms with van der Waals surface area (Å²) in [6.07, 6.45) is 3.36. The Morgan fingerprint density at radius 2 is 2.33 bits per heavy atom. The van der Waals surface area contributed by atoms with Gasteiger partial charge in [-0.05, 0) is 44.9 Å². The van der Waals surface area contributed by atoms with Gasteiger partial charge < -0.3 is 4.74 Å². The molecular formula is C10H10BrN5O2. The molecule has 0 radical (unpaired) electrons. The van der Waals surface area contributed by atoms with Crippen LogP contribution in [0.5, 0.6) is 0 Å². The number of tetrazole rings is 1. The molecule has 8 heteroatoms. The third kappa shape index (κ3) is 2.89. The van der Waals surface area contributed by atoms with E-state index in [4.69, 9.17) is 4.74 Å². The molecule has 0 amide bonds. The Morgan fingerprint density at radius 3 is 3.06 bits per heavy atom. The van der Waals surface area contributed by atoms with Crippen LogP contribution in [-0.2, 0) is 11.3 Å². The number of esters is 1. The minimum Gasteiger partial charge on any atom is -0.460 e. The predicted octanol–water partition coefficient (Wildman–Crippen LogP) is 1.06. The summed E-state index contributed by atoms with van der Waals surface area (Å²) >= 11 is 3.32. The number of ether oxygens (including phenoxy) is 1. The summed E-state index contributed by atoms with van der Waals surface area (Å²) in [6.45, 7) is 2.36. The van der Waals surface area contributed by atoms with Crippen LogP contribution in [-0.4, -0.2) is 37.8 Å². The predicted molar refractivity (Wildman–Crippen MR) is 64.8 cm³/mol. The lowest BCUT2D eigenvalue weighted by Crippen LogP contribution is -2.15. The van der Waals surface area contributed by atoms with E-state index < -0.39 is 5.97 Å². The fraction of sp³-hybridized carbons (Fsp3) is 0.300. The highest BCUT2D eigenvalue weighted by Gasteiger charge is 2.16. The number of rotatable bonds is 4. The van der Waals surface area contributed by atoms with Gasteiger partial charge in [-0.25, -0.2) is 9.48 Å². The summed E-state index contributed by atoms with van der Waals surface area (Å²) in [5.41, 5.74) is 0.877. The third-order valence-electron chi connectivity index (χ3n) is 2.08. The van der Waals surface area contributed by atoms with Crippen LogP contribution in [0.15, 0.2) is 22.9 Å². The summed E-state index contributed by atoms with van der Waals surface area (Å²) in [5, 5.41) is 10.9. The van der Waals surface area contributed by atoms with Crippen molar-refractivity contribution in [1.29, 1.82) is 0 Å². The lowest BCUT2D eigenvalue weighted by Gasteiger charge is -2.04. The number of carbonyl (C=O) groups excluding carboxylic acids is 1. The average Bonchev–Trinajstić information content (AvgIpc) is 2.77. The van der Waals surface area contributed by atoms with Crippen LogP contribution in [0.25, 0.3) is 0 Å². The SMILES string of the molecule is CCOC(=O)c1nnnn1Cc1cncc(Br)c1. The zero-order valence-electron chi connectivity index (χ0n) is 9.58. The number of carbonyl (C=O) groups is 1. The van der Waals surface area contributed by atoms with E-state index in [2.05, 4.69) is 36.4 Å². The Labute approximate surface area is 111 Å². The van der Waals surface area contributed by atoms with E-state index in [1.165, 1.54) is 4.68 Å². The zero-order chi connectivity index (χ0) is 13.0. The second kappa shape index (κ2) is 5.67. The zero-order valence-corrected chi connectivity index (χ0v) is 11.2. The number of halogens is 1. The van der Waals surface area contributed by atoms with Crippen molar-refractivity contribution in [3.05, 3.63) is 34.3 Å². The van der Waals surface area contributed by atoms with E-state index in [1.54, 1.807) is 19.3 Å². The Bertz CT molecular complexity index is 557. The first-order chi connectivity index (χ1) is 8.70. The summed E-state index contributed by atoms with van der Waals surface area (Å²) in [5.74, 6) is -0.456. The van der Waals surface area contributed by atoms with Crippen molar-refractivity contribution < 1.29 is 9.53 Å². The van der Waals surface area contributed by atoms with Crippen molar-refractivity contribution in [2.24, 2.45) is 0 Å². The van der Waals surface area contributed by atoms with Crippen molar-refractivity contribution in [1.82, 2.24) is 25.2 Å². The molecule has 0 aliphatic heterocycles. The maximum absolute atomic E-state index is 11.6. The van der Waals surface area contributed by atoms with Crippen LogP contribution in [0.2, 0.25) is 0 Å². The van der Waals surface area contributed by atoms with Gasteiger partial charge in [-0.3, -0.25) is 4.98 Å². The van der Waals surface area contributed by atoms with Crippen LogP contribution in [0, 0.1) is 0 Å². The molecule has 94 valence electrons. The molecule has 0 aliphatic rings. The molecule has 7 nitrogen and oxygen atoms in total. The number of pyridine rings is 1. The van der Waals surface area contributed by atoms with Gasteiger partial charge in [0.2, 0.25) is 0 Å². The molecule has 2 aromatic heterocycles. The number of nitrogens with zero attached hydrogens (tertiary/aromatic N) is 5. The van der Waals surface area contributed by atoms with Gasteiger partial charge >= 0.3 is 5.97 Å². The summed E-state index contributed by atoms with van der Waals surface area (Å²) in [6, 6.07) is 1.88. The highest BCUT2D eigenvalue weighted by molar-refractivity contribution is 9.10. The molecule has 0 saturated heterocycles. The lowest BCUT2D eigenvalue weighted by atomic mass is 10.3. The normalized spacial score (nSPS) is 10.3. The van der Waals surface area contributed by atoms with Crippen molar-refractivity contribution >= 4 is 21.9 Å². The number of aromatic nitrogens is 5. The van der Waals surface area contributed by atoms with Gasteiger partial charge in [0.05, 0.1) is 13.2 Å². The first-order valence-electron chi connectivity index (χ1n) is 5.23. The van der Waals surface area contributed by atoms with Crippen LogP contribution in [0.3, 0.4) is 0 Å². The van der Waals surface area contributed by atoms with E-state index in [9.17, 15) is 4.79 Å². The van der Waals surface area contributed by atoms with Crippen molar-refractivity contribution in [2.75, 3.05) is 6.61 Å². The monoisotopic (exact) mass is 311 g/mol. The van der Waals surface area contributed by atoms with E-state index in [0.29, 0.717) is 6.54 Å². The average molecular weight is 312 g/mol. The third-order valence-corrected chi connectivity index (χ3v) is 2.52. The molecule has 2 heterocycles. The topological polar surface area (TPSA) is 82.8 Å². The fourth-order valence-electron chi connectivity index (χ4n) is 1.37. The van der Waals surface area contributed by atoms with Crippen LogP contribution in [0.1, 0.15) is 23.1 Å². The molecular weight excluding hydrogens is 302 g/mol. The van der Waals surface area contributed by atoms with Gasteiger partial charge in [-0.1, -0.05) is 0 Å². The van der Waals surface area contributed by atoms with Crippen molar-refractivity contribution in [3.8, 4) is 0 Å². The molecule has 0 atom stereocenters. The van der Waals surface area contributed by atoms with Gasteiger partial charge in [0.25, 0.3) is 5.82 Å². The quantitative estimate of drug-likeness (QED) is 0.785. The maximum atomic E-state index is 11.6. The molecule has 0 bridgehead atoms. The van der Waals surface area contributed by atoms with E-state index in [1.807, 2.05) is 6.07 Å². The van der Waals surface area contributed by atoms with Crippen molar-refractivity contribution in [3.63, 3.8) is 0 Å². The van der Waals surface area contributed by atoms with E-state index >= 15 is 0 Å². The number of hydrogen-bond donors (Lipinski definition) is 0. The molecule has 0 spiro atoms. The van der Waals surface area contributed by atoms with Gasteiger partial charge in [0.1, 0.15) is 0 Å². The molecule has 0 N–H and O–H groups in total. The first kappa shape index (κ1) is 12.6. The smallest absolute Gasteiger partial charge is 0.378 e. The lowest BCUT2D eigenvalue weighted by molar-refractivity contribution is 0.0505. The molecule has 18 heavy (non-hydrogen) atoms. The molecule has 0 aromatic carbocycles.